The summed E-state index contributed by atoms with van der Waals surface area (Å²) < 4.78 is 1.08. The Bertz CT molecular complexity index is 574. The second kappa shape index (κ2) is 6.42. The largest absolute Gasteiger partial charge is 0.392 e. The van der Waals surface area contributed by atoms with E-state index >= 15 is 0 Å². The Morgan fingerprint density at radius 3 is 2.58 bits per heavy atom. The first-order chi connectivity index (χ1) is 9.11. The van der Waals surface area contributed by atoms with E-state index in [0.29, 0.717) is 5.02 Å². The van der Waals surface area contributed by atoms with E-state index in [2.05, 4.69) is 26.9 Å². The molecule has 2 aromatic carbocycles. The van der Waals surface area contributed by atoms with Crippen molar-refractivity contribution in [2.45, 2.75) is 13.2 Å². The van der Waals surface area contributed by atoms with Gasteiger partial charge in [-0.05, 0) is 23.8 Å². The number of aliphatic hydroxyl groups excluding tert-OH is 1. The van der Waals surface area contributed by atoms with Gasteiger partial charge in [0.05, 0.1) is 6.61 Å². The van der Waals surface area contributed by atoms with Gasteiger partial charge in [-0.3, -0.25) is 0 Å². The monoisotopic (exact) mass is 339 g/mol. The molecule has 0 spiro atoms. The molecule has 0 aliphatic heterocycles. The summed E-state index contributed by atoms with van der Waals surface area (Å²) >= 11 is 9.58. The molecule has 4 heteroatoms. The number of aliphatic hydroxyl groups is 1. The molecule has 100 valence electrons. The van der Waals surface area contributed by atoms with Crippen molar-refractivity contribution >= 4 is 33.2 Å². The number of rotatable bonds is 4. The molecule has 19 heavy (non-hydrogen) atoms. The van der Waals surface area contributed by atoms with Gasteiger partial charge in [-0.15, -0.1) is 0 Å². The number of halogens is 2. The molecule has 2 rings (SSSR count). The minimum atomic E-state index is 0.00675. The van der Waals surface area contributed by atoms with Crippen LogP contribution in [0.3, 0.4) is 0 Å². The lowest BCUT2D eigenvalue weighted by Gasteiger charge is -2.23. The Labute approximate surface area is 126 Å². The summed E-state index contributed by atoms with van der Waals surface area (Å²) in [6.45, 7) is 0.752. The Morgan fingerprint density at radius 2 is 1.89 bits per heavy atom. The average Bonchev–Trinajstić information content (AvgIpc) is 2.41. The summed E-state index contributed by atoms with van der Waals surface area (Å²) in [4.78, 5) is 2.08. The topological polar surface area (TPSA) is 23.5 Å². The highest BCUT2D eigenvalue weighted by Crippen LogP contribution is 2.27. The molecule has 0 aliphatic rings. The smallest absolute Gasteiger partial charge is 0.0702 e. The summed E-state index contributed by atoms with van der Waals surface area (Å²) in [5.74, 6) is 0. The molecular formula is C15H15BrClNO. The van der Waals surface area contributed by atoms with Crippen LogP contribution in [-0.2, 0) is 13.2 Å². The van der Waals surface area contributed by atoms with Crippen LogP contribution in [-0.4, -0.2) is 12.2 Å². The summed E-state index contributed by atoms with van der Waals surface area (Å²) in [6.07, 6.45) is 0. The van der Waals surface area contributed by atoms with E-state index in [-0.39, 0.29) is 6.61 Å². The third kappa shape index (κ3) is 3.50. The molecule has 1 N–H and O–H groups in total. The van der Waals surface area contributed by atoms with Crippen molar-refractivity contribution < 1.29 is 5.11 Å². The van der Waals surface area contributed by atoms with Crippen molar-refractivity contribution in [3.63, 3.8) is 0 Å². The van der Waals surface area contributed by atoms with Gasteiger partial charge in [-0.2, -0.15) is 0 Å². The molecule has 0 aromatic heterocycles. The average molecular weight is 341 g/mol. The maximum absolute atomic E-state index is 9.40. The van der Waals surface area contributed by atoms with Gasteiger partial charge < -0.3 is 10.0 Å². The molecule has 0 atom stereocenters. The van der Waals surface area contributed by atoms with Gasteiger partial charge in [0.15, 0.2) is 0 Å². The highest BCUT2D eigenvalue weighted by molar-refractivity contribution is 9.10. The molecular weight excluding hydrogens is 326 g/mol. The molecule has 0 heterocycles. The van der Waals surface area contributed by atoms with Gasteiger partial charge in [0, 0.05) is 34.3 Å². The van der Waals surface area contributed by atoms with E-state index in [1.807, 2.05) is 37.4 Å². The van der Waals surface area contributed by atoms with E-state index < -0.39 is 0 Å². The Hall–Kier alpha value is -1.03. The predicted octanol–water partition coefficient (Wildman–Crippen LogP) is 4.23. The minimum Gasteiger partial charge on any atom is -0.392 e. The van der Waals surface area contributed by atoms with Crippen LogP contribution in [0.15, 0.2) is 46.9 Å². The highest BCUT2D eigenvalue weighted by Gasteiger charge is 2.09. The first kappa shape index (κ1) is 14.4. The van der Waals surface area contributed by atoms with Crippen LogP contribution in [0.5, 0.6) is 0 Å². The molecule has 0 aliphatic carbocycles. The number of hydrogen-bond donors (Lipinski definition) is 1. The van der Waals surface area contributed by atoms with Gasteiger partial charge in [0.1, 0.15) is 0 Å². The molecule has 0 fully saturated rings. The Balaban J connectivity index is 2.27. The molecule has 0 radical (unpaired) electrons. The van der Waals surface area contributed by atoms with Crippen LogP contribution in [0.25, 0.3) is 0 Å². The first-order valence-corrected chi connectivity index (χ1v) is 7.12. The number of nitrogens with zero attached hydrogens (tertiary/aromatic N) is 1. The SMILES string of the molecule is CN(Cc1ccccc1Br)c1cc(Cl)ccc1CO. The van der Waals surface area contributed by atoms with Crippen LogP contribution < -0.4 is 4.90 Å². The van der Waals surface area contributed by atoms with E-state index in [0.717, 1.165) is 22.3 Å². The summed E-state index contributed by atoms with van der Waals surface area (Å²) in [5, 5.41) is 10.1. The summed E-state index contributed by atoms with van der Waals surface area (Å²) in [6, 6.07) is 13.6. The summed E-state index contributed by atoms with van der Waals surface area (Å²) in [7, 11) is 1.99. The molecule has 2 nitrogen and oxygen atoms in total. The summed E-state index contributed by atoms with van der Waals surface area (Å²) in [5.41, 5.74) is 3.01. The molecule has 2 aromatic rings. The maximum Gasteiger partial charge on any atom is 0.0702 e. The van der Waals surface area contributed by atoms with Crippen LogP contribution in [0.4, 0.5) is 5.69 Å². The van der Waals surface area contributed by atoms with E-state index in [1.54, 1.807) is 6.07 Å². The molecule has 0 saturated carbocycles. The van der Waals surface area contributed by atoms with Crippen LogP contribution in [0, 0.1) is 0 Å². The number of anilines is 1. The van der Waals surface area contributed by atoms with Gasteiger partial charge in [-0.25, -0.2) is 0 Å². The fourth-order valence-electron chi connectivity index (χ4n) is 1.99. The van der Waals surface area contributed by atoms with E-state index in [9.17, 15) is 5.11 Å². The molecule has 0 amide bonds. The maximum atomic E-state index is 9.40. The van der Waals surface area contributed by atoms with Gasteiger partial charge in [0.2, 0.25) is 0 Å². The van der Waals surface area contributed by atoms with Crippen LogP contribution >= 0.6 is 27.5 Å². The van der Waals surface area contributed by atoms with E-state index in [4.69, 9.17) is 11.6 Å². The van der Waals surface area contributed by atoms with Gasteiger partial charge in [0.25, 0.3) is 0 Å². The van der Waals surface area contributed by atoms with E-state index in [1.165, 1.54) is 5.56 Å². The second-order valence-corrected chi connectivity index (χ2v) is 5.67. The fourth-order valence-corrected chi connectivity index (χ4v) is 2.57. The van der Waals surface area contributed by atoms with Crippen molar-refractivity contribution in [2.75, 3.05) is 11.9 Å². The lowest BCUT2D eigenvalue weighted by molar-refractivity contribution is 0.282. The lowest BCUT2D eigenvalue weighted by atomic mass is 10.1. The van der Waals surface area contributed by atoms with Crippen molar-refractivity contribution in [2.24, 2.45) is 0 Å². The zero-order valence-electron chi connectivity index (χ0n) is 10.6. The van der Waals surface area contributed by atoms with Gasteiger partial charge in [-0.1, -0.05) is 51.8 Å². The van der Waals surface area contributed by atoms with Crippen LogP contribution in [0.1, 0.15) is 11.1 Å². The zero-order valence-corrected chi connectivity index (χ0v) is 12.9. The molecule has 0 saturated heterocycles. The second-order valence-electron chi connectivity index (χ2n) is 4.38. The lowest BCUT2D eigenvalue weighted by Crippen LogP contribution is -2.18. The Morgan fingerprint density at radius 1 is 1.16 bits per heavy atom. The third-order valence-electron chi connectivity index (χ3n) is 2.99. The predicted molar refractivity (Wildman–Crippen MR) is 83.6 cm³/mol. The normalized spacial score (nSPS) is 10.5. The highest BCUT2D eigenvalue weighted by atomic mass is 79.9. The third-order valence-corrected chi connectivity index (χ3v) is 4.00. The van der Waals surface area contributed by atoms with Crippen LogP contribution in [0.2, 0.25) is 5.02 Å². The quantitative estimate of drug-likeness (QED) is 0.900. The Kier molecular flexibility index (Phi) is 4.86. The fraction of sp³-hybridized carbons (Fsp3) is 0.200. The number of benzene rings is 2. The van der Waals surface area contributed by atoms with Crippen molar-refractivity contribution in [1.29, 1.82) is 0 Å². The first-order valence-electron chi connectivity index (χ1n) is 5.95. The molecule has 0 bridgehead atoms. The van der Waals surface area contributed by atoms with Crippen molar-refractivity contribution in [1.82, 2.24) is 0 Å². The van der Waals surface area contributed by atoms with Crippen molar-refractivity contribution in [3.05, 3.63) is 63.1 Å². The van der Waals surface area contributed by atoms with Gasteiger partial charge >= 0.3 is 0 Å². The zero-order chi connectivity index (χ0) is 13.8. The number of hydrogen-bond acceptors (Lipinski definition) is 2. The standard InChI is InChI=1S/C15H15BrClNO/c1-18(9-11-4-2-3-5-14(11)16)15-8-13(17)7-6-12(15)10-19/h2-8,19H,9-10H2,1H3. The van der Waals surface area contributed by atoms with Crippen molar-refractivity contribution in [3.8, 4) is 0 Å². The minimum absolute atomic E-state index is 0.00675. The molecule has 0 unspecified atom stereocenters.